The quantitative estimate of drug-likeness (QED) is 0.731. The van der Waals surface area contributed by atoms with E-state index in [1.54, 1.807) is 4.90 Å². The summed E-state index contributed by atoms with van der Waals surface area (Å²) in [6.07, 6.45) is 4.18. The van der Waals surface area contributed by atoms with Gasteiger partial charge in [0.05, 0.1) is 12.1 Å². The second-order valence-corrected chi connectivity index (χ2v) is 8.45. The van der Waals surface area contributed by atoms with E-state index in [0.29, 0.717) is 30.5 Å². The molecular formula is C21H27N5O2S. The Kier molecular flexibility index (Phi) is 6.41. The molecule has 29 heavy (non-hydrogen) atoms. The van der Waals surface area contributed by atoms with Gasteiger partial charge in [0.1, 0.15) is 0 Å². The van der Waals surface area contributed by atoms with Crippen LogP contribution in [0.1, 0.15) is 36.1 Å². The molecular weight excluding hydrogens is 386 g/mol. The van der Waals surface area contributed by atoms with Crippen LogP contribution >= 0.6 is 11.3 Å². The predicted molar refractivity (Wildman–Crippen MR) is 114 cm³/mol. The molecule has 1 aromatic heterocycles. The van der Waals surface area contributed by atoms with E-state index in [1.165, 1.54) is 49.3 Å². The summed E-state index contributed by atoms with van der Waals surface area (Å²) < 4.78 is 0. The Bertz CT molecular complexity index is 845. The van der Waals surface area contributed by atoms with E-state index in [9.17, 15) is 9.59 Å². The van der Waals surface area contributed by atoms with Crippen molar-refractivity contribution in [3.63, 3.8) is 0 Å². The number of piperidine rings is 1. The van der Waals surface area contributed by atoms with Crippen LogP contribution in [0.25, 0.3) is 0 Å². The van der Waals surface area contributed by atoms with E-state index in [4.69, 9.17) is 0 Å². The lowest BCUT2D eigenvalue weighted by Gasteiger charge is -2.26. The first-order valence-electron chi connectivity index (χ1n) is 10.2. The van der Waals surface area contributed by atoms with Crippen molar-refractivity contribution < 1.29 is 9.59 Å². The van der Waals surface area contributed by atoms with E-state index in [2.05, 4.69) is 44.8 Å². The van der Waals surface area contributed by atoms with Gasteiger partial charge in [0.15, 0.2) is 5.13 Å². The summed E-state index contributed by atoms with van der Waals surface area (Å²) in [5.41, 5.74) is 3.11. The number of carbonyl (C=O) groups is 2. The summed E-state index contributed by atoms with van der Waals surface area (Å²) in [6, 6.07) is 8.37. The average Bonchev–Trinajstić information content (AvgIpc) is 3.37. The Morgan fingerprint density at radius 3 is 2.59 bits per heavy atom. The van der Waals surface area contributed by atoms with Crippen LogP contribution in [0.4, 0.5) is 9.93 Å². The Labute approximate surface area is 175 Å². The van der Waals surface area contributed by atoms with E-state index in [1.807, 2.05) is 5.38 Å². The highest BCUT2D eigenvalue weighted by Crippen LogP contribution is 2.22. The first-order valence-corrected chi connectivity index (χ1v) is 11.1. The highest BCUT2D eigenvalue weighted by Gasteiger charge is 2.24. The molecule has 1 aromatic carbocycles. The highest BCUT2D eigenvalue weighted by atomic mass is 32.1. The molecule has 8 heteroatoms. The Morgan fingerprint density at radius 1 is 1.10 bits per heavy atom. The SMILES string of the molecule is O=C(Cc1csc(N2CCNC2=O)n1)NCc1ccc(CN2CCCCC2)cc1. The number of aromatic nitrogens is 1. The second kappa shape index (κ2) is 9.37. The van der Waals surface area contributed by atoms with Gasteiger partial charge in [-0.25, -0.2) is 9.78 Å². The third-order valence-electron chi connectivity index (χ3n) is 5.34. The summed E-state index contributed by atoms with van der Waals surface area (Å²) in [5, 5.41) is 8.20. The van der Waals surface area contributed by atoms with Crippen molar-refractivity contribution in [2.24, 2.45) is 0 Å². The number of nitrogens with one attached hydrogen (secondary N) is 2. The molecule has 2 N–H and O–H groups in total. The molecule has 7 nitrogen and oxygen atoms in total. The van der Waals surface area contributed by atoms with Gasteiger partial charge in [-0.05, 0) is 37.1 Å². The minimum Gasteiger partial charge on any atom is -0.352 e. The number of hydrogen-bond acceptors (Lipinski definition) is 5. The molecule has 0 spiro atoms. The molecule has 0 radical (unpaired) electrons. The molecule has 154 valence electrons. The number of amides is 3. The normalized spacial score (nSPS) is 17.4. The highest BCUT2D eigenvalue weighted by molar-refractivity contribution is 7.14. The molecule has 2 aliphatic rings. The maximum Gasteiger partial charge on any atom is 0.323 e. The summed E-state index contributed by atoms with van der Waals surface area (Å²) >= 11 is 1.39. The van der Waals surface area contributed by atoms with Crippen LogP contribution in [0.3, 0.4) is 0 Å². The van der Waals surface area contributed by atoms with Gasteiger partial charge in [-0.1, -0.05) is 30.7 Å². The molecule has 0 unspecified atom stereocenters. The zero-order valence-corrected chi connectivity index (χ0v) is 17.3. The van der Waals surface area contributed by atoms with Crippen molar-refractivity contribution in [1.82, 2.24) is 20.5 Å². The topological polar surface area (TPSA) is 77.6 Å². The molecule has 2 aliphatic heterocycles. The fraction of sp³-hybridized carbons (Fsp3) is 0.476. The number of anilines is 1. The fourth-order valence-corrected chi connectivity index (χ4v) is 4.57. The fourth-order valence-electron chi connectivity index (χ4n) is 3.72. The molecule has 4 rings (SSSR count). The minimum absolute atomic E-state index is 0.0647. The number of thiazole rings is 1. The van der Waals surface area contributed by atoms with Crippen molar-refractivity contribution in [3.8, 4) is 0 Å². The number of hydrogen-bond donors (Lipinski definition) is 2. The summed E-state index contributed by atoms with van der Waals surface area (Å²) in [5.74, 6) is -0.0647. The Hall–Kier alpha value is -2.45. The monoisotopic (exact) mass is 413 g/mol. The molecule has 2 aromatic rings. The van der Waals surface area contributed by atoms with Crippen LogP contribution < -0.4 is 15.5 Å². The van der Waals surface area contributed by atoms with Crippen LogP contribution in [0.15, 0.2) is 29.6 Å². The predicted octanol–water partition coefficient (Wildman–Crippen LogP) is 2.52. The first-order chi connectivity index (χ1) is 14.2. The molecule has 3 heterocycles. The molecule has 2 fully saturated rings. The molecule has 0 saturated carbocycles. The van der Waals surface area contributed by atoms with Gasteiger partial charge in [0.25, 0.3) is 0 Å². The minimum atomic E-state index is -0.126. The van der Waals surface area contributed by atoms with Gasteiger partial charge in [0, 0.05) is 31.6 Å². The van der Waals surface area contributed by atoms with Crippen LogP contribution in [-0.4, -0.2) is 48.0 Å². The number of rotatable bonds is 7. The van der Waals surface area contributed by atoms with Crippen molar-refractivity contribution in [2.45, 2.75) is 38.8 Å². The standard InChI is InChI=1S/C21H27N5O2S/c27-19(12-18-15-29-21(24-18)26-11-8-22-20(26)28)23-13-16-4-6-17(7-5-16)14-25-9-2-1-3-10-25/h4-7,15H,1-3,8-14H2,(H,22,28)(H,23,27). The van der Waals surface area contributed by atoms with Gasteiger partial charge >= 0.3 is 6.03 Å². The van der Waals surface area contributed by atoms with Crippen LogP contribution in [0.2, 0.25) is 0 Å². The maximum absolute atomic E-state index is 12.3. The van der Waals surface area contributed by atoms with Gasteiger partial charge in [0.2, 0.25) is 5.91 Å². The summed E-state index contributed by atoms with van der Waals surface area (Å²) in [4.78, 5) is 32.5. The zero-order valence-electron chi connectivity index (χ0n) is 16.5. The maximum atomic E-state index is 12.3. The van der Waals surface area contributed by atoms with Crippen LogP contribution in [-0.2, 0) is 24.3 Å². The number of carbonyl (C=O) groups excluding carboxylic acids is 2. The van der Waals surface area contributed by atoms with Gasteiger partial charge in [-0.2, -0.15) is 0 Å². The second-order valence-electron chi connectivity index (χ2n) is 7.61. The number of urea groups is 1. The van der Waals surface area contributed by atoms with Gasteiger partial charge in [-0.3, -0.25) is 14.6 Å². The Balaban J connectivity index is 1.23. The van der Waals surface area contributed by atoms with E-state index in [0.717, 1.165) is 12.1 Å². The van der Waals surface area contributed by atoms with E-state index in [-0.39, 0.29) is 18.4 Å². The average molecular weight is 414 g/mol. The lowest BCUT2D eigenvalue weighted by atomic mass is 10.1. The molecule has 3 amide bonds. The lowest BCUT2D eigenvalue weighted by molar-refractivity contribution is -0.120. The van der Waals surface area contributed by atoms with E-state index < -0.39 is 0 Å². The molecule has 0 aliphatic carbocycles. The third kappa shape index (κ3) is 5.33. The van der Waals surface area contributed by atoms with E-state index >= 15 is 0 Å². The van der Waals surface area contributed by atoms with Crippen molar-refractivity contribution in [3.05, 3.63) is 46.5 Å². The molecule has 0 atom stereocenters. The number of benzene rings is 1. The van der Waals surface area contributed by atoms with Crippen molar-refractivity contribution in [2.75, 3.05) is 31.1 Å². The number of nitrogens with zero attached hydrogens (tertiary/aromatic N) is 3. The van der Waals surface area contributed by atoms with Gasteiger partial charge in [-0.15, -0.1) is 11.3 Å². The van der Waals surface area contributed by atoms with Crippen molar-refractivity contribution >= 4 is 28.4 Å². The van der Waals surface area contributed by atoms with Crippen LogP contribution in [0, 0.1) is 0 Å². The molecule has 0 bridgehead atoms. The van der Waals surface area contributed by atoms with Gasteiger partial charge < -0.3 is 10.6 Å². The third-order valence-corrected chi connectivity index (χ3v) is 6.25. The summed E-state index contributed by atoms with van der Waals surface area (Å²) in [6.45, 7) is 5.15. The largest absolute Gasteiger partial charge is 0.352 e. The first kappa shape index (κ1) is 19.8. The lowest BCUT2D eigenvalue weighted by Crippen LogP contribution is -2.29. The van der Waals surface area contributed by atoms with Crippen molar-refractivity contribution in [1.29, 1.82) is 0 Å². The summed E-state index contributed by atoms with van der Waals surface area (Å²) in [7, 11) is 0. The number of likely N-dealkylation sites (tertiary alicyclic amines) is 1. The van der Waals surface area contributed by atoms with Crippen LogP contribution in [0.5, 0.6) is 0 Å². The zero-order chi connectivity index (χ0) is 20.1. The smallest absolute Gasteiger partial charge is 0.323 e. The Morgan fingerprint density at radius 2 is 1.86 bits per heavy atom. The molecule has 2 saturated heterocycles.